The predicted molar refractivity (Wildman–Crippen MR) is 41.2 cm³/mol. The molecule has 0 spiro atoms. The number of aryl methyl sites for hydroxylation is 2. The van der Waals surface area contributed by atoms with Gasteiger partial charge in [0.25, 0.3) is 0 Å². The van der Waals surface area contributed by atoms with Crippen molar-refractivity contribution < 1.29 is 9.94 Å². The van der Waals surface area contributed by atoms with Gasteiger partial charge < -0.3 is 5.73 Å². The maximum absolute atomic E-state index is 9.31. The summed E-state index contributed by atoms with van der Waals surface area (Å²) in [6, 6.07) is 1.99. The summed E-state index contributed by atoms with van der Waals surface area (Å²) in [6.45, 7) is 4.23. The molecule has 1 aromatic rings. The van der Waals surface area contributed by atoms with Gasteiger partial charge in [0.15, 0.2) is 0 Å². The molecule has 60 valence electrons. The number of rotatable bonds is 1. The highest BCUT2D eigenvalue weighted by molar-refractivity contribution is 5.18. The molecule has 0 saturated carbocycles. The van der Waals surface area contributed by atoms with Crippen molar-refractivity contribution in [3.05, 3.63) is 29.1 Å². The van der Waals surface area contributed by atoms with Crippen molar-refractivity contribution in [3.63, 3.8) is 0 Å². The minimum atomic E-state index is 0.364. The molecule has 0 unspecified atom stereocenters. The molecule has 3 nitrogen and oxygen atoms in total. The van der Waals surface area contributed by atoms with Crippen LogP contribution in [0.1, 0.15) is 16.8 Å². The van der Waals surface area contributed by atoms with Gasteiger partial charge in [-0.2, -0.15) is 0 Å². The van der Waals surface area contributed by atoms with Crippen molar-refractivity contribution in [2.24, 2.45) is 5.73 Å². The van der Waals surface area contributed by atoms with E-state index in [9.17, 15) is 5.21 Å². The van der Waals surface area contributed by atoms with Crippen LogP contribution in [0.5, 0.6) is 0 Å². The van der Waals surface area contributed by atoms with Gasteiger partial charge in [-0.3, -0.25) is 5.21 Å². The Hall–Kier alpha value is -1.09. The largest absolute Gasteiger partial charge is 0.321 e. The molecule has 1 aromatic heterocycles. The number of nitrogens with zero attached hydrogens (tertiary/aromatic N) is 1. The molecule has 0 aliphatic rings. The van der Waals surface area contributed by atoms with E-state index in [0.717, 1.165) is 21.6 Å². The van der Waals surface area contributed by atoms with Gasteiger partial charge in [-0.25, -0.2) is 0 Å². The highest BCUT2D eigenvalue weighted by atomic mass is 16.5. The summed E-state index contributed by atoms with van der Waals surface area (Å²) in [5, 5.41) is 9.31. The molecule has 0 fully saturated rings. The topological polar surface area (TPSA) is 50.1 Å². The molecule has 3 N–H and O–H groups in total. The minimum absolute atomic E-state index is 0.364. The van der Waals surface area contributed by atoms with E-state index in [1.807, 2.05) is 19.9 Å². The first-order chi connectivity index (χ1) is 5.15. The van der Waals surface area contributed by atoms with Crippen molar-refractivity contribution in [1.82, 2.24) is 0 Å². The molecule has 0 aliphatic carbocycles. The normalized spacial score (nSPS) is 10.1. The molecule has 0 radical (unpaired) electrons. The quantitative estimate of drug-likeness (QED) is 0.450. The molecular formula is C8H13N2O+. The zero-order valence-electron chi connectivity index (χ0n) is 6.83. The second-order valence-corrected chi connectivity index (χ2v) is 2.70. The molecule has 0 atom stereocenters. The van der Waals surface area contributed by atoms with Crippen molar-refractivity contribution in [2.45, 2.75) is 20.4 Å². The summed E-state index contributed by atoms with van der Waals surface area (Å²) < 4.78 is 1.09. The summed E-state index contributed by atoms with van der Waals surface area (Å²) in [7, 11) is 0. The average molecular weight is 153 g/mol. The lowest BCUT2D eigenvalue weighted by Crippen LogP contribution is -2.37. The highest BCUT2D eigenvalue weighted by Crippen LogP contribution is 2.03. The summed E-state index contributed by atoms with van der Waals surface area (Å²) in [5.74, 6) is 0. The number of hydrogen-bond acceptors (Lipinski definition) is 2. The lowest BCUT2D eigenvalue weighted by atomic mass is 10.2. The molecule has 0 saturated heterocycles. The summed E-state index contributed by atoms with van der Waals surface area (Å²) in [5.41, 5.74) is 8.23. The van der Waals surface area contributed by atoms with Gasteiger partial charge in [0.2, 0.25) is 11.9 Å². The maximum Gasteiger partial charge on any atom is 0.250 e. The molecule has 11 heavy (non-hydrogen) atoms. The van der Waals surface area contributed by atoms with E-state index in [4.69, 9.17) is 5.73 Å². The van der Waals surface area contributed by atoms with Crippen LogP contribution >= 0.6 is 0 Å². The van der Waals surface area contributed by atoms with Crippen LogP contribution in [0.25, 0.3) is 0 Å². The zero-order chi connectivity index (χ0) is 8.43. The Balaban J connectivity index is 3.25. The molecular weight excluding hydrogens is 140 g/mol. The van der Waals surface area contributed by atoms with Crippen LogP contribution in [0, 0.1) is 13.8 Å². The SMILES string of the molecule is Cc1cc(C)c(CN)[n+](O)c1. The van der Waals surface area contributed by atoms with Crippen LogP contribution in [0.2, 0.25) is 0 Å². The predicted octanol–water partition coefficient (Wildman–Crippen LogP) is 0.287. The van der Waals surface area contributed by atoms with Crippen molar-refractivity contribution in [2.75, 3.05) is 0 Å². The molecule has 0 aliphatic heterocycles. The Kier molecular flexibility index (Phi) is 2.10. The van der Waals surface area contributed by atoms with Gasteiger partial charge in [-0.1, -0.05) is 0 Å². The standard InChI is InChI=1S/C8H13N2O/c1-6-3-7(2)8(4-9)10(11)5-6/h3,5,11H,4,9H2,1-2H3/q+1. The van der Waals surface area contributed by atoms with Gasteiger partial charge >= 0.3 is 0 Å². The fourth-order valence-electron chi connectivity index (χ4n) is 1.17. The lowest BCUT2D eigenvalue weighted by Gasteiger charge is -1.98. The van der Waals surface area contributed by atoms with E-state index >= 15 is 0 Å². The second kappa shape index (κ2) is 2.88. The van der Waals surface area contributed by atoms with E-state index in [0.29, 0.717) is 6.54 Å². The van der Waals surface area contributed by atoms with Crippen LogP contribution in [0.15, 0.2) is 12.3 Å². The van der Waals surface area contributed by atoms with Crippen LogP contribution in [0.3, 0.4) is 0 Å². The fourth-order valence-corrected chi connectivity index (χ4v) is 1.17. The third kappa shape index (κ3) is 1.49. The third-order valence-corrected chi connectivity index (χ3v) is 1.70. The van der Waals surface area contributed by atoms with E-state index < -0.39 is 0 Å². The van der Waals surface area contributed by atoms with Crippen LogP contribution in [0.4, 0.5) is 0 Å². The molecule has 3 heteroatoms. The average Bonchev–Trinajstić information content (AvgIpc) is 1.85. The monoisotopic (exact) mass is 153 g/mol. The van der Waals surface area contributed by atoms with Gasteiger partial charge in [-0.05, 0) is 19.9 Å². The Morgan fingerprint density at radius 2 is 2.18 bits per heavy atom. The molecule has 0 bridgehead atoms. The maximum atomic E-state index is 9.31. The van der Waals surface area contributed by atoms with Crippen LogP contribution in [-0.4, -0.2) is 5.21 Å². The lowest BCUT2D eigenvalue weighted by molar-refractivity contribution is -0.910. The highest BCUT2D eigenvalue weighted by Gasteiger charge is 2.11. The first-order valence-electron chi connectivity index (χ1n) is 3.56. The Morgan fingerprint density at radius 1 is 1.55 bits per heavy atom. The summed E-state index contributed by atoms with van der Waals surface area (Å²) >= 11 is 0. The van der Waals surface area contributed by atoms with E-state index in [1.54, 1.807) is 6.20 Å². The Morgan fingerprint density at radius 3 is 2.64 bits per heavy atom. The van der Waals surface area contributed by atoms with Gasteiger partial charge in [0, 0.05) is 15.9 Å². The molecule has 0 aromatic carbocycles. The molecule has 1 rings (SSSR count). The van der Waals surface area contributed by atoms with E-state index in [2.05, 4.69) is 0 Å². The zero-order valence-corrected chi connectivity index (χ0v) is 6.83. The van der Waals surface area contributed by atoms with E-state index in [-0.39, 0.29) is 0 Å². The van der Waals surface area contributed by atoms with Crippen molar-refractivity contribution in [1.29, 1.82) is 0 Å². The first kappa shape index (κ1) is 8.01. The summed E-state index contributed by atoms with van der Waals surface area (Å²) in [6.07, 6.45) is 1.65. The van der Waals surface area contributed by atoms with Gasteiger partial charge in [0.1, 0.15) is 0 Å². The molecule has 0 amide bonds. The first-order valence-corrected chi connectivity index (χ1v) is 3.56. The second-order valence-electron chi connectivity index (χ2n) is 2.70. The van der Waals surface area contributed by atoms with Gasteiger partial charge in [0.05, 0.1) is 6.54 Å². The number of pyridine rings is 1. The third-order valence-electron chi connectivity index (χ3n) is 1.70. The number of aromatic nitrogens is 1. The molecule has 1 heterocycles. The van der Waals surface area contributed by atoms with Crippen LogP contribution in [-0.2, 0) is 6.54 Å². The van der Waals surface area contributed by atoms with Crippen molar-refractivity contribution >= 4 is 0 Å². The van der Waals surface area contributed by atoms with Crippen molar-refractivity contribution in [3.8, 4) is 0 Å². The fraction of sp³-hybridized carbons (Fsp3) is 0.375. The number of nitrogens with two attached hydrogens (primary N) is 1. The smallest absolute Gasteiger partial charge is 0.250 e. The minimum Gasteiger partial charge on any atom is -0.321 e. The summed E-state index contributed by atoms with van der Waals surface area (Å²) in [4.78, 5) is 0. The van der Waals surface area contributed by atoms with Crippen LogP contribution < -0.4 is 10.5 Å². The Labute approximate surface area is 66.0 Å². The number of hydrogen-bond donors (Lipinski definition) is 2. The van der Waals surface area contributed by atoms with Gasteiger partial charge in [-0.15, -0.1) is 0 Å². The Bertz CT molecular complexity index is 248. The van der Waals surface area contributed by atoms with E-state index in [1.165, 1.54) is 0 Å².